The predicted octanol–water partition coefficient (Wildman–Crippen LogP) is 6.16. The smallest absolute Gasteiger partial charge is 0.282 e. The Morgan fingerprint density at radius 3 is 2.38 bits per heavy atom. The molecule has 1 aromatic heterocycles. The van der Waals surface area contributed by atoms with Crippen LogP contribution in [0.25, 0.3) is 10.9 Å². The molecule has 0 saturated heterocycles. The van der Waals surface area contributed by atoms with Crippen LogP contribution in [0, 0.1) is 7.14 Å². The molecule has 0 unspecified atom stereocenters. The monoisotopic (exact) mass is 679 g/mol. The molecule has 0 aliphatic heterocycles. The minimum absolute atomic E-state index is 0.0509. The van der Waals surface area contributed by atoms with Crippen molar-refractivity contribution in [2.24, 2.45) is 5.10 Å². The van der Waals surface area contributed by atoms with Crippen LogP contribution in [0.3, 0.4) is 0 Å². The van der Waals surface area contributed by atoms with E-state index in [0.717, 1.165) is 22.9 Å². The summed E-state index contributed by atoms with van der Waals surface area (Å²) >= 11 is 7.95. The lowest BCUT2D eigenvalue weighted by atomic mass is 10.2. The van der Waals surface area contributed by atoms with Gasteiger partial charge >= 0.3 is 0 Å². The van der Waals surface area contributed by atoms with Gasteiger partial charge in [0.05, 0.1) is 30.4 Å². The summed E-state index contributed by atoms with van der Waals surface area (Å²) in [7, 11) is 0. The average molecular weight is 680 g/mol. The molecule has 3 rings (SSSR count). The molecular weight excluding hydrogens is 660 g/mol. The second-order valence-electron chi connectivity index (χ2n) is 7.13. The quantitative estimate of drug-likeness (QED) is 0.240. The van der Waals surface area contributed by atoms with E-state index in [1.54, 1.807) is 12.3 Å². The van der Waals surface area contributed by atoms with Gasteiger partial charge in [-0.2, -0.15) is 9.78 Å². The molecule has 0 amide bonds. The van der Waals surface area contributed by atoms with Crippen molar-refractivity contribution in [1.82, 2.24) is 9.66 Å². The van der Waals surface area contributed by atoms with Gasteiger partial charge in [-0.1, -0.05) is 29.8 Å². The highest BCUT2D eigenvalue weighted by Crippen LogP contribution is 2.29. The number of nitrogens with zero attached hydrogens (tertiary/aromatic N) is 3. The first-order valence-electron chi connectivity index (χ1n) is 9.09. The Hall–Kier alpha value is -1.01. The number of aromatic nitrogens is 2. The lowest BCUT2D eigenvalue weighted by molar-refractivity contribution is 0.239. The van der Waals surface area contributed by atoms with Crippen molar-refractivity contribution in [3.63, 3.8) is 0 Å². The number of fused-ring (bicyclic) bond motifs is 1. The third kappa shape index (κ3) is 5.19. The first kappa shape index (κ1) is 22.7. The summed E-state index contributed by atoms with van der Waals surface area (Å²) in [6.07, 6.45) is 1.80. The van der Waals surface area contributed by atoms with Crippen molar-refractivity contribution in [2.45, 2.75) is 39.7 Å². The van der Waals surface area contributed by atoms with Gasteiger partial charge in [-0.3, -0.25) is 4.79 Å². The van der Waals surface area contributed by atoms with E-state index in [2.05, 4.69) is 71.2 Å². The fraction of sp³-hybridized carbons (Fsp3) is 0.286. The van der Waals surface area contributed by atoms with E-state index >= 15 is 0 Å². The fourth-order valence-electron chi connectivity index (χ4n) is 2.78. The SMILES string of the molecule is CC(C)Oc1c(I)cc(C=Nn2c(C(C)C)nc3ccc(Br)cc3c2=O)cc1I. The zero-order chi connectivity index (χ0) is 21.3. The van der Waals surface area contributed by atoms with Gasteiger partial charge in [0.2, 0.25) is 0 Å². The van der Waals surface area contributed by atoms with E-state index < -0.39 is 0 Å². The summed E-state index contributed by atoms with van der Waals surface area (Å²) in [6.45, 7) is 8.02. The first-order chi connectivity index (χ1) is 13.7. The first-order valence-corrected chi connectivity index (χ1v) is 12.0. The normalized spacial score (nSPS) is 11.9. The van der Waals surface area contributed by atoms with Crippen molar-refractivity contribution < 1.29 is 4.74 Å². The maximum atomic E-state index is 13.1. The van der Waals surface area contributed by atoms with Crippen molar-refractivity contribution in [1.29, 1.82) is 0 Å². The molecule has 2 aromatic carbocycles. The molecule has 5 nitrogen and oxygen atoms in total. The van der Waals surface area contributed by atoms with Crippen molar-refractivity contribution in [2.75, 3.05) is 0 Å². The molecule has 0 aliphatic carbocycles. The predicted molar refractivity (Wildman–Crippen MR) is 138 cm³/mol. The third-order valence-electron chi connectivity index (χ3n) is 4.05. The molecular formula is C21H20BrI2N3O2. The van der Waals surface area contributed by atoms with Crippen LogP contribution in [-0.4, -0.2) is 22.0 Å². The highest BCUT2D eigenvalue weighted by atomic mass is 127. The number of hydrogen-bond donors (Lipinski definition) is 0. The van der Waals surface area contributed by atoms with Gasteiger partial charge in [0, 0.05) is 10.4 Å². The summed E-state index contributed by atoms with van der Waals surface area (Å²) in [5, 5.41) is 5.04. The van der Waals surface area contributed by atoms with Crippen LogP contribution in [0.2, 0.25) is 0 Å². The van der Waals surface area contributed by atoms with Crippen LogP contribution >= 0.6 is 61.1 Å². The van der Waals surface area contributed by atoms with Crippen LogP contribution in [-0.2, 0) is 0 Å². The lowest BCUT2D eigenvalue weighted by Gasteiger charge is -2.14. The van der Waals surface area contributed by atoms with Gasteiger partial charge in [-0.25, -0.2) is 4.98 Å². The van der Waals surface area contributed by atoms with Crippen LogP contribution in [0.4, 0.5) is 0 Å². The largest absolute Gasteiger partial charge is 0.489 e. The minimum Gasteiger partial charge on any atom is -0.489 e. The van der Waals surface area contributed by atoms with Gasteiger partial charge in [0.15, 0.2) is 0 Å². The molecule has 0 spiro atoms. The third-order valence-corrected chi connectivity index (χ3v) is 6.14. The van der Waals surface area contributed by atoms with Crippen molar-refractivity contribution in [3.8, 4) is 5.75 Å². The maximum absolute atomic E-state index is 13.1. The highest BCUT2D eigenvalue weighted by Gasteiger charge is 2.14. The standard InChI is InChI=1S/C21H20BrI2N3O2/c1-11(2)20-26-18-6-5-14(22)9-15(18)21(28)27(20)25-10-13-7-16(23)19(17(24)8-13)29-12(3)4/h5-12H,1-4H3. The highest BCUT2D eigenvalue weighted by molar-refractivity contribution is 14.1. The van der Waals surface area contributed by atoms with E-state index in [0.29, 0.717) is 16.7 Å². The van der Waals surface area contributed by atoms with Gasteiger partial charge in [0.1, 0.15) is 11.6 Å². The molecule has 0 saturated carbocycles. The summed E-state index contributed by atoms with van der Waals surface area (Å²) in [5.74, 6) is 1.55. The van der Waals surface area contributed by atoms with Crippen LogP contribution in [0.15, 0.2) is 44.7 Å². The fourth-order valence-corrected chi connectivity index (χ4v) is 5.21. The Bertz CT molecular complexity index is 1130. The Labute approximate surface area is 205 Å². The zero-order valence-corrected chi connectivity index (χ0v) is 22.3. The minimum atomic E-state index is -0.180. The topological polar surface area (TPSA) is 56.5 Å². The molecule has 0 N–H and O–H groups in total. The van der Waals surface area contributed by atoms with Gasteiger partial charge < -0.3 is 4.74 Å². The molecule has 8 heteroatoms. The number of hydrogen-bond acceptors (Lipinski definition) is 4. The summed E-state index contributed by atoms with van der Waals surface area (Å²) in [5.41, 5.74) is 1.39. The Morgan fingerprint density at radius 2 is 1.79 bits per heavy atom. The van der Waals surface area contributed by atoms with Crippen LogP contribution in [0.5, 0.6) is 5.75 Å². The van der Waals surface area contributed by atoms with E-state index in [1.807, 2.05) is 52.0 Å². The van der Waals surface area contributed by atoms with E-state index in [-0.39, 0.29) is 17.6 Å². The number of benzene rings is 2. The Morgan fingerprint density at radius 1 is 1.14 bits per heavy atom. The van der Waals surface area contributed by atoms with Gasteiger partial charge in [-0.05, 0) is 94.9 Å². The molecule has 3 aromatic rings. The number of ether oxygens (including phenoxy) is 1. The van der Waals surface area contributed by atoms with Gasteiger partial charge in [-0.15, -0.1) is 0 Å². The molecule has 0 atom stereocenters. The van der Waals surface area contributed by atoms with E-state index in [1.165, 1.54) is 4.68 Å². The van der Waals surface area contributed by atoms with Crippen molar-refractivity contribution in [3.05, 3.63) is 63.7 Å². The molecule has 29 heavy (non-hydrogen) atoms. The Balaban J connectivity index is 2.10. The number of halogens is 3. The van der Waals surface area contributed by atoms with Crippen molar-refractivity contribution >= 4 is 78.2 Å². The van der Waals surface area contributed by atoms with Gasteiger partial charge in [0.25, 0.3) is 5.56 Å². The maximum Gasteiger partial charge on any atom is 0.282 e. The molecule has 1 heterocycles. The second-order valence-corrected chi connectivity index (χ2v) is 10.4. The molecule has 0 aliphatic rings. The molecule has 0 radical (unpaired) electrons. The summed E-state index contributed by atoms with van der Waals surface area (Å²) in [4.78, 5) is 17.8. The molecule has 0 fully saturated rings. The molecule has 0 bridgehead atoms. The zero-order valence-electron chi connectivity index (χ0n) is 16.4. The van der Waals surface area contributed by atoms with E-state index in [9.17, 15) is 4.79 Å². The van der Waals surface area contributed by atoms with Crippen LogP contribution < -0.4 is 10.3 Å². The molecule has 152 valence electrons. The summed E-state index contributed by atoms with van der Waals surface area (Å²) < 4.78 is 10.1. The second kappa shape index (κ2) is 9.42. The number of rotatable bonds is 5. The van der Waals surface area contributed by atoms with E-state index in [4.69, 9.17) is 4.74 Å². The Kier molecular flexibility index (Phi) is 7.36. The lowest BCUT2D eigenvalue weighted by Crippen LogP contribution is -2.23. The van der Waals surface area contributed by atoms with Crippen LogP contribution in [0.1, 0.15) is 45.0 Å². The average Bonchev–Trinajstić information content (AvgIpc) is 2.64. The summed E-state index contributed by atoms with van der Waals surface area (Å²) in [6, 6.07) is 9.50.